The van der Waals surface area contributed by atoms with Crippen LogP contribution in [-0.4, -0.2) is 19.2 Å². The SMILES string of the molecule is O=c1[nH]c2ccccc2cc1Cc1ccc2c(c1)S(=O)(=O)CC2. The lowest BCUT2D eigenvalue weighted by Gasteiger charge is -2.06. The number of sulfone groups is 1. The number of aromatic nitrogens is 1. The highest BCUT2D eigenvalue weighted by Crippen LogP contribution is 2.27. The molecule has 1 aromatic heterocycles. The molecule has 4 rings (SSSR count). The number of aryl methyl sites for hydroxylation is 1. The summed E-state index contributed by atoms with van der Waals surface area (Å²) >= 11 is 0. The van der Waals surface area contributed by atoms with Gasteiger partial charge in [0.1, 0.15) is 0 Å². The van der Waals surface area contributed by atoms with Gasteiger partial charge >= 0.3 is 0 Å². The molecule has 2 aromatic carbocycles. The van der Waals surface area contributed by atoms with Crippen molar-refractivity contribution in [3.63, 3.8) is 0 Å². The summed E-state index contributed by atoms with van der Waals surface area (Å²) in [6.45, 7) is 0. The van der Waals surface area contributed by atoms with Crippen molar-refractivity contribution in [2.24, 2.45) is 0 Å². The first-order valence-corrected chi connectivity index (χ1v) is 9.14. The summed E-state index contributed by atoms with van der Waals surface area (Å²) in [5.74, 6) is 0.183. The molecule has 0 fully saturated rings. The molecule has 1 aliphatic rings. The van der Waals surface area contributed by atoms with Crippen LogP contribution in [0.4, 0.5) is 0 Å². The van der Waals surface area contributed by atoms with Crippen molar-refractivity contribution >= 4 is 20.7 Å². The number of nitrogens with one attached hydrogen (secondary N) is 1. The molecule has 1 N–H and O–H groups in total. The Hall–Kier alpha value is -2.40. The zero-order chi connectivity index (χ0) is 16.0. The van der Waals surface area contributed by atoms with Gasteiger partial charge in [-0.25, -0.2) is 8.42 Å². The molecule has 0 aliphatic carbocycles. The molecule has 116 valence electrons. The minimum Gasteiger partial charge on any atom is -0.322 e. The topological polar surface area (TPSA) is 67.0 Å². The molecule has 2 heterocycles. The smallest absolute Gasteiger partial charge is 0.251 e. The van der Waals surface area contributed by atoms with Crippen LogP contribution in [0.2, 0.25) is 0 Å². The summed E-state index contributed by atoms with van der Waals surface area (Å²) in [5, 5.41) is 0.968. The Morgan fingerprint density at radius 3 is 2.74 bits per heavy atom. The molecular weight excluding hydrogens is 310 g/mol. The van der Waals surface area contributed by atoms with E-state index in [-0.39, 0.29) is 11.3 Å². The lowest BCUT2D eigenvalue weighted by Crippen LogP contribution is -2.12. The molecule has 3 aromatic rings. The zero-order valence-corrected chi connectivity index (χ0v) is 13.2. The van der Waals surface area contributed by atoms with E-state index in [1.54, 1.807) is 6.07 Å². The van der Waals surface area contributed by atoms with Crippen LogP contribution in [-0.2, 0) is 22.7 Å². The molecule has 0 radical (unpaired) electrons. The minimum absolute atomic E-state index is 0.132. The summed E-state index contributed by atoms with van der Waals surface area (Å²) in [7, 11) is -3.15. The fourth-order valence-electron chi connectivity index (χ4n) is 3.10. The Labute approximate surface area is 133 Å². The monoisotopic (exact) mass is 325 g/mol. The minimum atomic E-state index is -3.15. The number of rotatable bonds is 2. The lowest BCUT2D eigenvalue weighted by atomic mass is 10.0. The first-order valence-electron chi connectivity index (χ1n) is 7.48. The molecule has 1 aliphatic heterocycles. The van der Waals surface area contributed by atoms with Crippen molar-refractivity contribution in [3.8, 4) is 0 Å². The molecule has 0 amide bonds. The number of aromatic amines is 1. The van der Waals surface area contributed by atoms with E-state index in [0.717, 1.165) is 22.0 Å². The maximum atomic E-state index is 12.2. The molecule has 0 spiro atoms. The predicted octanol–water partition coefficient (Wildman–Crippen LogP) is 2.45. The quantitative estimate of drug-likeness (QED) is 0.787. The number of para-hydroxylation sites is 1. The van der Waals surface area contributed by atoms with E-state index in [0.29, 0.717) is 23.3 Å². The highest BCUT2D eigenvalue weighted by molar-refractivity contribution is 7.91. The van der Waals surface area contributed by atoms with Gasteiger partial charge in [-0.3, -0.25) is 4.79 Å². The second kappa shape index (κ2) is 5.06. The van der Waals surface area contributed by atoms with Gasteiger partial charge in [-0.2, -0.15) is 0 Å². The van der Waals surface area contributed by atoms with Crippen molar-refractivity contribution in [1.82, 2.24) is 4.98 Å². The molecular formula is C18H15NO3S. The third kappa shape index (κ3) is 2.47. The standard InChI is InChI=1S/C18H15NO3S/c20-18-15(11-14-3-1-2-4-16(14)19-18)9-12-5-6-13-7-8-23(21,22)17(13)10-12/h1-6,10-11H,7-9H2,(H,19,20). The van der Waals surface area contributed by atoms with Gasteiger partial charge in [0, 0.05) is 17.5 Å². The van der Waals surface area contributed by atoms with Crippen LogP contribution in [0.25, 0.3) is 10.9 Å². The van der Waals surface area contributed by atoms with Crippen molar-refractivity contribution in [1.29, 1.82) is 0 Å². The first kappa shape index (κ1) is 14.2. The normalized spacial score (nSPS) is 15.7. The Kier molecular flexibility index (Phi) is 3.13. The molecule has 23 heavy (non-hydrogen) atoms. The Morgan fingerprint density at radius 1 is 1.04 bits per heavy atom. The summed E-state index contributed by atoms with van der Waals surface area (Å²) in [6.07, 6.45) is 0.997. The molecule has 0 unspecified atom stereocenters. The van der Waals surface area contributed by atoms with E-state index in [1.165, 1.54) is 0 Å². The van der Waals surface area contributed by atoms with E-state index in [2.05, 4.69) is 4.98 Å². The van der Waals surface area contributed by atoms with Crippen LogP contribution in [0.5, 0.6) is 0 Å². The van der Waals surface area contributed by atoms with Crippen LogP contribution in [0.1, 0.15) is 16.7 Å². The first-order chi connectivity index (χ1) is 11.0. The van der Waals surface area contributed by atoms with Gasteiger partial charge < -0.3 is 4.98 Å². The van der Waals surface area contributed by atoms with E-state index in [4.69, 9.17) is 0 Å². The van der Waals surface area contributed by atoms with E-state index < -0.39 is 9.84 Å². The summed E-state index contributed by atoms with van der Waals surface area (Å²) in [5.41, 5.74) is 3.03. The Morgan fingerprint density at radius 2 is 1.87 bits per heavy atom. The van der Waals surface area contributed by atoms with Crippen LogP contribution in [0.15, 0.2) is 58.2 Å². The highest BCUT2D eigenvalue weighted by atomic mass is 32.2. The zero-order valence-electron chi connectivity index (χ0n) is 12.4. The number of H-pyrrole nitrogens is 1. The summed E-state index contributed by atoms with van der Waals surface area (Å²) in [6, 6.07) is 15.0. The molecule has 0 saturated carbocycles. The van der Waals surface area contributed by atoms with E-state index >= 15 is 0 Å². The van der Waals surface area contributed by atoms with Gasteiger partial charge in [-0.05, 0) is 41.1 Å². The van der Waals surface area contributed by atoms with Gasteiger partial charge in [0.25, 0.3) is 5.56 Å². The third-order valence-corrected chi connectivity index (χ3v) is 6.12. The largest absolute Gasteiger partial charge is 0.322 e. The maximum absolute atomic E-state index is 12.2. The van der Waals surface area contributed by atoms with Crippen molar-refractivity contribution in [2.45, 2.75) is 17.7 Å². The lowest BCUT2D eigenvalue weighted by molar-refractivity contribution is 0.600. The number of hydrogen-bond acceptors (Lipinski definition) is 3. The average Bonchev–Trinajstić information content (AvgIpc) is 2.83. The van der Waals surface area contributed by atoms with Gasteiger partial charge in [-0.1, -0.05) is 30.3 Å². The molecule has 0 saturated heterocycles. The number of fused-ring (bicyclic) bond motifs is 2. The second-order valence-corrected chi connectivity index (χ2v) is 7.98. The average molecular weight is 325 g/mol. The molecule has 0 bridgehead atoms. The Bertz CT molecular complexity index is 1080. The predicted molar refractivity (Wildman–Crippen MR) is 89.6 cm³/mol. The van der Waals surface area contributed by atoms with Crippen LogP contribution >= 0.6 is 0 Å². The highest BCUT2D eigenvalue weighted by Gasteiger charge is 2.26. The Balaban J connectivity index is 1.77. The van der Waals surface area contributed by atoms with Crippen molar-refractivity contribution < 1.29 is 8.42 Å². The van der Waals surface area contributed by atoms with E-state index in [9.17, 15) is 13.2 Å². The molecule has 4 nitrogen and oxygen atoms in total. The molecule has 5 heteroatoms. The summed E-state index contributed by atoms with van der Waals surface area (Å²) in [4.78, 5) is 15.5. The van der Waals surface area contributed by atoms with Gasteiger partial charge in [0.05, 0.1) is 10.6 Å². The van der Waals surface area contributed by atoms with Gasteiger partial charge in [0.15, 0.2) is 9.84 Å². The summed E-state index contributed by atoms with van der Waals surface area (Å²) < 4.78 is 24.1. The number of benzene rings is 2. The molecule has 0 atom stereocenters. The van der Waals surface area contributed by atoms with Crippen molar-refractivity contribution in [3.05, 3.63) is 75.6 Å². The van der Waals surface area contributed by atoms with Crippen LogP contribution in [0, 0.1) is 0 Å². The fourth-order valence-corrected chi connectivity index (χ4v) is 4.71. The van der Waals surface area contributed by atoms with Crippen molar-refractivity contribution in [2.75, 3.05) is 5.75 Å². The van der Waals surface area contributed by atoms with E-state index in [1.807, 2.05) is 42.5 Å². The third-order valence-electron chi connectivity index (χ3n) is 4.33. The maximum Gasteiger partial charge on any atom is 0.251 e. The van der Waals surface area contributed by atoms with Gasteiger partial charge in [-0.15, -0.1) is 0 Å². The van der Waals surface area contributed by atoms with Crippen LogP contribution < -0.4 is 5.56 Å². The van der Waals surface area contributed by atoms with Gasteiger partial charge in [0.2, 0.25) is 0 Å². The second-order valence-electron chi connectivity index (χ2n) is 5.90. The fraction of sp³-hybridized carbons (Fsp3) is 0.167. The number of hydrogen-bond donors (Lipinski definition) is 1. The van der Waals surface area contributed by atoms with Crippen LogP contribution in [0.3, 0.4) is 0 Å². The number of pyridine rings is 1.